The number of aromatic nitrogens is 1. The van der Waals surface area contributed by atoms with Crippen molar-refractivity contribution in [1.29, 1.82) is 0 Å². The van der Waals surface area contributed by atoms with Crippen molar-refractivity contribution in [3.05, 3.63) is 41.4 Å². The van der Waals surface area contributed by atoms with Gasteiger partial charge in [0.1, 0.15) is 0 Å². The topological polar surface area (TPSA) is 24.9 Å². The number of alkyl halides is 1. The molecule has 0 bridgehead atoms. The molecule has 0 saturated carbocycles. The lowest BCUT2D eigenvalue weighted by molar-refractivity contribution is 0.929. The Hall–Kier alpha value is -1.06. The van der Waals surface area contributed by atoms with Crippen molar-refractivity contribution >= 4 is 33.8 Å². The Morgan fingerprint density at radius 1 is 1.38 bits per heavy atom. The van der Waals surface area contributed by atoms with Crippen molar-refractivity contribution in [2.75, 3.05) is 11.2 Å². The molecule has 2 nitrogen and oxygen atoms in total. The van der Waals surface area contributed by atoms with Crippen LogP contribution in [0.15, 0.2) is 35.8 Å². The van der Waals surface area contributed by atoms with Gasteiger partial charge in [-0.05, 0) is 30.5 Å². The van der Waals surface area contributed by atoms with E-state index < -0.39 is 0 Å². The van der Waals surface area contributed by atoms with Crippen LogP contribution in [0.2, 0.25) is 0 Å². The summed E-state index contributed by atoms with van der Waals surface area (Å²) in [5, 5.41) is 6.16. The fourth-order valence-electron chi connectivity index (χ4n) is 1.48. The van der Waals surface area contributed by atoms with Crippen molar-refractivity contribution in [1.82, 2.24) is 4.98 Å². The fraction of sp³-hybridized carbons (Fsp3) is 0.250. The summed E-state index contributed by atoms with van der Waals surface area (Å²) in [7, 11) is 0. The minimum atomic E-state index is 0.712. The normalized spacial score (nSPS) is 10.3. The van der Waals surface area contributed by atoms with Gasteiger partial charge in [0, 0.05) is 23.1 Å². The third kappa shape index (κ3) is 3.22. The van der Waals surface area contributed by atoms with Crippen LogP contribution in [0.5, 0.6) is 0 Å². The van der Waals surface area contributed by atoms with Crippen LogP contribution in [0.3, 0.4) is 0 Å². The van der Waals surface area contributed by atoms with E-state index in [1.807, 2.05) is 11.4 Å². The molecule has 0 aliphatic heterocycles. The summed E-state index contributed by atoms with van der Waals surface area (Å²) in [4.78, 5) is 4.19. The highest BCUT2D eigenvalue weighted by atomic mass is 35.5. The summed E-state index contributed by atoms with van der Waals surface area (Å²) < 4.78 is 0. The largest absolute Gasteiger partial charge is 0.332 e. The monoisotopic (exact) mass is 252 g/mol. The van der Waals surface area contributed by atoms with E-state index >= 15 is 0 Å². The van der Waals surface area contributed by atoms with Gasteiger partial charge >= 0.3 is 0 Å². The van der Waals surface area contributed by atoms with Gasteiger partial charge in [0.05, 0.1) is 0 Å². The van der Waals surface area contributed by atoms with E-state index in [2.05, 4.69) is 28.5 Å². The van der Waals surface area contributed by atoms with Gasteiger partial charge in [-0.3, -0.25) is 0 Å². The molecule has 0 aliphatic rings. The molecule has 1 aromatic carbocycles. The summed E-state index contributed by atoms with van der Waals surface area (Å²) in [6, 6.07) is 8.37. The molecule has 0 aliphatic carbocycles. The van der Waals surface area contributed by atoms with Crippen LogP contribution in [0, 0.1) is 0 Å². The predicted molar refractivity (Wildman–Crippen MR) is 70.9 cm³/mol. The van der Waals surface area contributed by atoms with Crippen LogP contribution in [-0.2, 0) is 6.42 Å². The predicted octanol–water partition coefficient (Wildman–Crippen LogP) is 4.06. The zero-order chi connectivity index (χ0) is 11.2. The Morgan fingerprint density at radius 3 is 3.06 bits per heavy atom. The van der Waals surface area contributed by atoms with Gasteiger partial charge in [-0.1, -0.05) is 12.1 Å². The average Bonchev–Trinajstić information content (AvgIpc) is 2.80. The lowest BCUT2D eigenvalue weighted by Crippen LogP contribution is -1.92. The number of benzene rings is 1. The molecule has 0 atom stereocenters. The van der Waals surface area contributed by atoms with Crippen LogP contribution in [-0.4, -0.2) is 10.9 Å². The second-order valence-corrected chi connectivity index (χ2v) is 4.73. The number of hydrogen-bond acceptors (Lipinski definition) is 3. The van der Waals surface area contributed by atoms with E-state index in [1.54, 1.807) is 17.5 Å². The molecule has 4 heteroatoms. The number of thiazole rings is 1. The maximum atomic E-state index is 5.68. The molecule has 1 N–H and O–H groups in total. The SMILES string of the molecule is ClCCCc1cccc(Nc2nccs2)c1. The molecular weight excluding hydrogens is 240 g/mol. The molecule has 0 amide bonds. The molecule has 2 aromatic rings. The van der Waals surface area contributed by atoms with Gasteiger partial charge in [-0.15, -0.1) is 22.9 Å². The molecule has 84 valence electrons. The van der Waals surface area contributed by atoms with E-state index in [0.717, 1.165) is 23.7 Å². The summed E-state index contributed by atoms with van der Waals surface area (Å²) >= 11 is 7.28. The number of anilines is 2. The minimum Gasteiger partial charge on any atom is -0.332 e. The van der Waals surface area contributed by atoms with E-state index in [1.165, 1.54) is 5.56 Å². The van der Waals surface area contributed by atoms with E-state index in [4.69, 9.17) is 11.6 Å². The van der Waals surface area contributed by atoms with Crippen LogP contribution < -0.4 is 5.32 Å². The maximum Gasteiger partial charge on any atom is 0.187 e. The summed E-state index contributed by atoms with van der Waals surface area (Å²) in [6.45, 7) is 0. The molecule has 0 spiro atoms. The standard InChI is InChI=1S/C12H13ClN2S/c13-6-2-4-10-3-1-5-11(9-10)15-12-14-7-8-16-12/h1,3,5,7-9H,2,4,6H2,(H,14,15). The third-order valence-electron chi connectivity index (χ3n) is 2.21. The van der Waals surface area contributed by atoms with Gasteiger partial charge in [0.2, 0.25) is 0 Å². The van der Waals surface area contributed by atoms with E-state index in [9.17, 15) is 0 Å². The van der Waals surface area contributed by atoms with Crippen LogP contribution >= 0.6 is 22.9 Å². The molecule has 0 saturated heterocycles. The highest BCUT2D eigenvalue weighted by Gasteiger charge is 1.98. The summed E-state index contributed by atoms with van der Waals surface area (Å²) in [5.41, 5.74) is 2.39. The molecular formula is C12H13ClN2S. The zero-order valence-corrected chi connectivity index (χ0v) is 10.4. The first-order chi connectivity index (χ1) is 7.88. The number of hydrogen-bond donors (Lipinski definition) is 1. The lowest BCUT2D eigenvalue weighted by Gasteiger charge is -2.05. The second kappa shape index (κ2) is 5.87. The Balaban J connectivity index is 2.04. The highest BCUT2D eigenvalue weighted by Crippen LogP contribution is 2.19. The Bertz CT molecular complexity index is 428. The molecule has 2 rings (SSSR count). The first-order valence-electron chi connectivity index (χ1n) is 5.20. The molecule has 0 radical (unpaired) electrons. The van der Waals surface area contributed by atoms with Crippen molar-refractivity contribution in [2.45, 2.75) is 12.8 Å². The van der Waals surface area contributed by atoms with Gasteiger partial charge in [0.25, 0.3) is 0 Å². The van der Waals surface area contributed by atoms with Gasteiger partial charge in [0.15, 0.2) is 5.13 Å². The second-order valence-electron chi connectivity index (χ2n) is 3.46. The van der Waals surface area contributed by atoms with Gasteiger partial charge < -0.3 is 5.32 Å². The third-order valence-corrected chi connectivity index (χ3v) is 3.17. The number of halogens is 1. The first-order valence-corrected chi connectivity index (χ1v) is 6.61. The fourth-order valence-corrected chi connectivity index (χ4v) is 2.17. The molecule has 1 aromatic heterocycles. The van der Waals surface area contributed by atoms with Crippen molar-refractivity contribution in [3.63, 3.8) is 0 Å². The number of rotatable bonds is 5. The first kappa shape index (κ1) is 11.4. The highest BCUT2D eigenvalue weighted by molar-refractivity contribution is 7.13. The van der Waals surface area contributed by atoms with Crippen LogP contribution in [0.4, 0.5) is 10.8 Å². The average molecular weight is 253 g/mol. The van der Waals surface area contributed by atoms with Crippen molar-refractivity contribution in [2.24, 2.45) is 0 Å². The Labute approximate surface area is 104 Å². The number of nitrogens with one attached hydrogen (secondary N) is 1. The molecule has 0 unspecified atom stereocenters. The Kier molecular flexibility index (Phi) is 4.19. The van der Waals surface area contributed by atoms with Crippen molar-refractivity contribution < 1.29 is 0 Å². The number of aryl methyl sites for hydroxylation is 1. The number of nitrogens with zero attached hydrogens (tertiary/aromatic N) is 1. The minimum absolute atomic E-state index is 0.712. The molecule has 1 heterocycles. The Morgan fingerprint density at radius 2 is 2.31 bits per heavy atom. The molecule has 0 fully saturated rings. The summed E-state index contributed by atoms with van der Waals surface area (Å²) in [5.74, 6) is 0.712. The zero-order valence-electron chi connectivity index (χ0n) is 8.82. The van der Waals surface area contributed by atoms with Gasteiger partial charge in [-0.25, -0.2) is 4.98 Å². The lowest BCUT2D eigenvalue weighted by atomic mass is 10.1. The summed E-state index contributed by atoms with van der Waals surface area (Å²) in [6.07, 6.45) is 3.84. The quantitative estimate of drug-likeness (QED) is 0.812. The van der Waals surface area contributed by atoms with E-state index in [0.29, 0.717) is 5.88 Å². The molecule has 16 heavy (non-hydrogen) atoms. The van der Waals surface area contributed by atoms with Gasteiger partial charge in [-0.2, -0.15) is 0 Å². The van der Waals surface area contributed by atoms with Crippen molar-refractivity contribution in [3.8, 4) is 0 Å². The smallest absolute Gasteiger partial charge is 0.187 e. The van der Waals surface area contributed by atoms with Crippen LogP contribution in [0.25, 0.3) is 0 Å². The van der Waals surface area contributed by atoms with E-state index in [-0.39, 0.29) is 0 Å². The maximum absolute atomic E-state index is 5.68. The van der Waals surface area contributed by atoms with Crippen LogP contribution in [0.1, 0.15) is 12.0 Å².